The Kier molecular flexibility index (Phi) is 3.94. The highest BCUT2D eigenvalue weighted by Gasteiger charge is 2.22. The van der Waals surface area contributed by atoms with Gasteiger partial charge in [0.1, 0.15) is 0 Å². The number of carbonyl (C=O) groups is 1. The fourth-order valence-electron chi connectivity index (χ4n) is 2.19. The van der Waals surface area contributed by atoms with Crippen LogP contribution in [0.4, 0.5) is 11.4 Å². The van der Waals surface area contributed by atoms with Gasteiger partial charge >= 0.3 is 0 Å². The van der Waals surface area contributed by atoms with Crippen LogP contribution in [0, 0.1) is 16.0 Å². The molecular formula is C14H16N2O3. The van der Waals surface area contributed by atoms with Gasteiger partial charge in [-0.1, -0.05) is 13.0 Å². The topological polar surface area (TPSA) is 72.2 Å². The molecule has 1 aliphatic carbocycles. The zero-order valence-electron chi connectivity index (χ0n) is 10.8. The van der Waals surface area contributed by atoms with Gasteiger partial charge in [0.15, 0.2) is 5.78 Å². The van der Waals surface area contributed by atoms with Crippen LogP contribution < -0.4 is 5.32 Å². The number of allylic oxidation sites excluding steroid dienone is 1. The Morgan fingerprint density at radius 2 is 2.26 bits per heavy atom. The quantitative estimate of drug-likeness (QED) is 0.514. The molecule has 19 heavy (non-hydrogen) atoms. The first-order valence-corrected chi connectivity index (χ1v) is 6.32. The Hall–Kier alpha value is -2.17. The number of nitro benzene ring substituents is 1. The van der Waals surface area contributed by atoms with Crippen LogP contribution in [0.15, 0.2) is 36.0 Å². The highest BCUT2D eigenvalue weighted by Crippen LogP contribution is 2.25. The average Bonchev–Trinajstić information content (AvgIpc) is 2.41. The van der Waals surface area contributed by atoms with Crippen LogP contribution in [0.3, 0.4) is 0 Å². The summed E-state index contributed by atoms with van der Waals surface area (Å²) in [6.07, 6.45) is 4.39. The van der Waals surface area contributed by atoms with E-state index in [0.717, 1.165) is 24.8 Å². The molecule has 100 valence electrons. The van der Waals surface area contributed by atoms with E-state index in [0.29, 0.717) is 5.69 Å². The molecule has 1 atom stereocenters. The van der Waals surface area contributed by atoms with Gasteiger partial charge in [0.2, 0.25) is 0 Å². The molecule has 5 heteroatoms. The SMILES string of the molecule is C[C@@H]1CCC/C(=C/Nc2cccc([N+](=O)[O-])c2)C1=O. The number of hydrogen-bond acceptors (Lipinski definition) is 4. The maximum atomic E-state index is 11.9. The maximum Gasteiger partial charge on any atom is 0.271 e. The van der Waals surface area contributed by atoms with E-state index in [1.165, 1.54) is 12.1 Å². The third kappa shape index (κ3) is 3.19. The second-order valence-electron chi connectivity index (χ2n) is 4.78. The standard InChI is InChI=1S/C14H16N2O3/c1-10-4-2-5-11(14(10)17)9-15-12-6-3-7-13(8-12)16(18)19/h3,6-10,15H,2,4-5H2,1H3/b11-9-/t10-/m1/s1. The van der Waals surface area contributed by atoms with Crippen LogP contribution in [0.5, 0.6) is 0 Å². The summed E-state index contributed by atoms with van der Waals surface area (Å²) in [7, 11) is 0. The molecule has 0 bridgehead atoms. The first-order chi connectivity index (χ1) is 9.08. The minimum atomic E-state index is -0.438. The fourth-order valence-corrected chi connectivity index (χ4v) is 2.19. The third-order valence-corrected chi connectivity index (χ3v) is 3.32. The van der Waals surface area contributed by atoms with E-state index < -0.39 is 4.92 Å². The summed E-state index contributed by atoms with van der Waals surface area (Å²) in [5, 5.41) is 13.6. The molecule has 0 unspecified atom stereocenters. The molecule has 0 spiro atoms. The highest BCUT2D eigenvalue weighted by atomic mass is 16.6. The first-order valence-electron chi connectivity index (χ1n) is 6.32. The van der Waals surface area contributed by atoms with Crippen LogP contribution in [0.2, 0.25) is 0 Å². The largest absolute Gasteiger partial charge is 0.361 e. The van der Waals surface area contributed by atoms with Crippen LogP contribution in [0.1, 0.15) is 26.2 Å². The van der Waals surface area contributed by atoms with Gasteiger partial charge in [-0.15, -0.1) is 0 Å². The molecule has 1 aromatic rings. The van der Waals surface area contributed by atoms with Crippen molar-refractivity contribution in [2.45, 2.75) is 26.2 Å². The zero-order valence-corrected chi connectivity index (χ0v) is 10.8. The minimum Gasteiger partial charge on any atom is -0.361 e. The third-order valence-electron chi connectivity index (χ3n) is 3.32. The van der Waals surface area contributed by atoms with Crippen molar-refractivity contribution in [3.63, 3.8) is 0 Å². The van der Waals surface area contributed by atoms with Crippen molar-refractivity contribution >= 4 is 17.2 Å². The normalized spacial score (nSPS) is 21.4. The molecule has 0 radical (unpaired) electrons. The van der Waals surface area contributed by atoms with Gasteiger partial charge in [-0.3, -0.25) is 14.9 Å². The number of ketones is 1. The summed E-state index contributed by atoms with van der Waals surface area (Å²) in [5.41, 5.74) is 1.42. The molecule has 1 saturated carbocycles. The summed E-state index contributed by atoms with van der Waals surface area (Å²) in [6.45, 7) is 1.93. The molecule has 0 heterocycles. The molecule has 0 aromatic heterocycles. The number of nitrogens with zero attached hydrogens (tertiary/aromatic N) is 1. The molecule has 0 amide bonds. The molecule has 1 aromatic carbocycles. The molecule has 1 aliphatic rings. The zero-order chi connectivity index (χ0) is 13.8. The van der Waals surface area contributed by atoms with E-state index in [2.05, 4.69) is 5.32 Å². The van der Waals surface area contributed by atoms with Crippen molar-refractivity contribution in [2.24, 2.45) is 5.92 Å². The summed E-state index contributed by atoms with van der Waals surface area (Å²) < 4.78 is 0. The molecule has 0 aliphatic heterocycles. The number of nitro groups is 1. The summed E-state index contributed by atoms with van der Waals surface area (Å²) in [5.74, 6) is 0.246. The maximum absolute atomic E-state index is 11.9. The van der Waals surface area contributed by atoms with Gasteiger partial charge in [-0.05, 0) is 25.3 Å². The number of carbonyl (C=O) groups excluding carboxylic acids is 1. The number of Topliss-reactive ketones (excluding diaryl/α,β-unsaturated/α-hetero) is 1. The molecule has 5 nitrogen and oxygen atoms in total. The summed E-state index contributed by atoms with van der Waals surface area (Å²) in [4.78, 5) is 22.1. The number of anilines is 1. The summed E-state index contributed by atoms with van der Waals surface area (Å²) >= 11 is 0. The summed E-state index contributed by atoms with van der Waals surface area (Å²) in [6, 6.07) is 6.24. The van der Waals surface area contributed by atoms with Crippen molar-refractivity contribution in [3.05, 3.63) is 46.2 Å². The fraction of sp³-hybridized carbons (Fsp3) is 0.357. The van der Waals surface area contributed by atoms with Crippen LogP contribution in [0.25, 0.3) is 0 Å². The van der Waals surface area contributed by atoms with E-state index >= 15 is 0 Å². The van der Waals surface area contributed by atoms with Crippen molar-refractivity contribution < 1.29 is 9.72 Å². The molecule has 0 saturated heterocycles. The number of non-ortho nitro benzene ring substituents is 1. The number of hydrogen-bond donors (Lipinski definition) is 1. The molecule has 1 fully saturated rings. The second-order valence-corrected chi connectivity index (χ2v) is 4.78. The van der Waals surface area contributed by atoms with Crippen molar-refractivity contribution in [2.75, 3.05) is 5.32 Å². The van der Waals surface area contributed by atoms with Crippen molar-refractivity contribution in [1.29, 1.82) is 0 Å². The smallest absolute Gasteiger partial charge is 0.271 e. The van der Waals surface area contributed by atoms with Crippen LogP contribution in [-0.4, -0.2) is 10.7 Å². The Balaban J connectivity index is 2.11. The van der Waals surface area contributed by atoms with Crippen LogP contribution in [-0.2, 0) is 4.79 Å². The minimum absolute atomic E-state index is 0.0340. The van der Waals surface area contributed by atoms with Gasteiger partial charge in [0, 0.05) is 35.5 Å². The predicted molar refractivity (Wildman–Crippen MR) is 72.8 cm³/mol. The number of rotatable bonds is 3. The predicted octanol–water partition coefficient (Wildman–Crippen LogP) is 3.28. The Morgan fingerprint density at radius 3 is 3.00 bits per heavy atom. The number of benzene rings is 1. The lowest BCUT2D eigenvalue weighted by atomic mass is 9.86. The lowest BCUT2D eigenvalue weighted by molar-refractivity contribution is -0.384. The van der Waals surface area contributed by atoms with Gasteiger partial charge < -0.3 is 5.32 Å². The Bertz CT molecular complexity index is 537. The van der Waals surface area contributed by atoms with Gasteiger partial charge in [-0.25, -0.2) is 0 Å². The van der Waals surface area contributed by atoms with Crippen molar-refractivity contribution in [3.8, 4) is 0 Å². The Labute approximate surface area is 111 Å². The second kappa shape index (κ2) is 5.65. The van der Waals surface area contributed by atoms with E-state index in [1.54, 1.807) is 18.3 Å². The number of nitrogens with one attached hydrogen (secondary N) is 1. The monoisotopic (exact) mass is 260 g/mol. The molecule has 2 rings (SSSR count). The lowest BCUT2D eigenvalue weighted by Gasteiger charge is -2.19. The van der Waals surface area contributed by atoms with Gasteiger partial charge in [-0.2, -0.15) is 0 Å². The van der Waals surface area contributed by atoms with E-state index in [4.69, 9.17) is 0 Å². The molecular weight excluding hydrogens is 244 g/mol. The van der Waals surface area contributed by atoms with E-state index in [-0.39, 0.29) is 17.4 Å². The highest BCUT2D eigenvalue weighted by molar-refractivity contribution is 5.97. The van der Waals surface area contributed by atoms with E-state index in [9.17, 15) is 14.9 Å². The molecule has 1 N–H and O–H groups in total. The first kappa shape index (κ1) is 13.3. The average molecular weight is 260 g/mol. The van der Waals surface area contributed by atoms with Crippen LogP contribution >= 0.6 is 0 Å². The Morgan fingerprint density at radius 1 is 1.47 bits per heavy atom. The van der Waals surface area contributed by atoms with Crippen molar-refractivity contribution in [1.82, 2.24) is 0 Å². The van der Waals surface area contributed by atoms with Gasteiger partial charge in [0.25, 0.3) is 5.69 Å². The lowest BCUT2D eigenvalue weighted by Crippen LogP contribution is -2.19. The van der Waals surface area contributed by atoms with E-state index in [1.807, 2.05) is 6.92 Å². The van der Waals surface area contributed by atoms with Gasteiger partial charge in [0.05, 0.1) is 4.92 Å².